The number of imidazole rings is 1. The lowest BCUT2D eigenvalue weighted by Crippen LogP contribution is -2.47. The second kappa shape index (κ2) is 8.48. The topological polar surface area (TPSA) is 91.0 Å². The van der Waals surface area contributed by atoms with Gasteiger partial charge in [0.15, 0.2) is 5.65 Å². The van der Waals surface area contributed by atoms with Crippen LogP contribution >= 0.6 is 0 Å². The molecule has 1 saturated heterocycles. The maximum absolute atomic E-state index is 12.8. The number of aromatic nitrogens is 3. The summed E-state index contributed by atoms with van der Waals surface area (Å²) in [6, 6.07) is 14.3. The van der Waals surface area contributed by atoms with Crippen molar-refractivity contribution in [1.29, 1.82) is 0 Å². The Hall–Kier alpha value is -4.04. The van der Waals surface area contributed by atoms with Gasteiger partial charge in [0.25, 0.3) is 5.91 Å². The molecule has 3 heterocycles. The van der Waals surface area contributed by atoms with Crippen LogP contribution in [-0.4, -0.2) is 74.4 Å². The molecule has 0 unspecified atom stereocenters. The zero-order chi connectivity index (χ0) is 22.9. The molecule has 1 amide bonds. The minimum atomic E-state index is -0.973. The number of aromatic carboxylic acids is 1. The van der Waals surface area contributed by atoms with Crippen LogP contribution in [0.25, 0.3) is 28.2 Å². The first kappa shape index (κ1) is 20.8. The van der Waals surface area contributed by atoms with Crippen molar-refractivity contribution in [3.8, 4) is 22.5 Å². The van der Waals surface area contributed by atoms with Gasteiger partial charge < -0.3 is 14.9 Å². The van der Waals surface area contributed by atoms with E-state index in [1.54, 1.807) is 30.6 Å². The number of carboxylic acids is 1. The summed E-state index contributed by atoms with van der Waals surface area (Å²) in [6.45, 7) is 3.25. The fraction of sp³-hybridized carbons (Fsp3) is 0.200. The molecule has 0 spiro atoms. The SMILES string of the molecule is CN1CCN(C(=O)c2ccc(-c3cn4c(-c5cccc(C(=O)O)c5)cnc4cn3)cc2)CC1. The summed E-state index contributed by atoms with van der Waals surface area (Å²) < 4.78 is 1.90. The van der Waals surface area contributed by atoms with Crippen molar-refractivity contribution in [2.45, 2.75) is 0 Å². The minimum Gasteiger partial charge on any atom is -0.478 e. The Morgan fingerprint density at radius 1 is 0.879 bits per heavy atom. The van der Waals surface area contributed by atoms with Gasteiger partial charge in [-0.05, 0) is 31.3 Å². The van der Waals surface area contributed by atoms with Gasteiger partial charge in [0.2, 0.25) is 0 Å². The van der Waals surface area contributed by atoms with E-state index in [-0.39, 0.29) is 11.5 Å². The quantitative estimate of drug-likeness (QED) is 0.523. The van der Waals surface area contributed by atoms with Crippen molar-refractivity contribution >= 4 is 17.5 Å². The molecule has 4 aromatic rings. The van der Waals surface area contributed by atoms with E-state index in [2.05, 4.69) is 21.9 Å². The molecule has 0 saturated carbocycles. The van der Waals surface area contributed by atoms with Crippen molar-refractivity contribution in [3.05, 3.63) is 78.2 Å². The predicted octanol–water partition coefficient (Wildman–Crippen LogP) is 3.15. The normalized spacial score (nSPS) is 14.5. The minimum absolute atomic E-state index is 0.0493. The zero-order valence-corrected chi connectivity index (χ0v) is 18.2. The van der Waals surface area contributed by atoms with Crippen molar-refractivity contribution < 1.29 is 14.7 Å². The summed E-state index contributed by atoms with van der Waals surface area (Å²) in [5, 5.41) is 9.31. The third-order valence-corrected chi connectivity index (χ3v) is 6.02. The highest BCUT2D eigenvalue weighted by atomic mass is 16.4. The van der Waals surface area contributed by atoms with Gasteiger partial charge in [-0.15, -0.1) is 0 Å². The molecule has 1 fully saturated rings. The lowest BCUT2D eigenvalue weighted by molar-refractivity contribution is 0.0662. The van der Waals surface area contributed by atoms with Crippen LogP contribution in [0.1, 0.15) is 20.7 Å². The highest BCUT2D eigenvalue weighted by Gasteiger charge is 2.20. The monoisotopic (exact) mass is 441 g/mol. The standard InChI is InChI=1S/C25H23N5O3/c1-28-9-11-29(12-10-28)24(31)18-7-5-17(6-8-18)21-16-30-22(14-27-23(30)15-26-21)19-3-2-4-20(13-19)25(32)33/h2-8,13-16H,9-12H2,1H3,(H,32,33). The third kappa shape index (κ3) is 4.08. The number of rotatable bonds is 4. The number of nitrogens with zero attached hydrogens (tertiary/aromatic N) is 5. The van der Waals surface area contributed by atoms with E-state index in [0.29, 0.717) is 11.2 Å². The summed E-state index contributed by atoms with van der Waals surface area (Å²) in [5.74, 6) is -0.924. The van der Waals surface area contributed by atoms with Crippen molar-refractivity contribution in [2.24, 2.45) is 0 Å². The predicted molar refractivity (Wildman–Crippen MR) is 124 cm³/mol. The van der Waals surface area contributed by atoms with Gasteiger partial charge in [-0.3, -0.25) is 14.2 Å². The van der Waals surface area contributed by atoms with Gasteiger partial charge >= 0.3 is 5.97 Å². The molecule has 0 atom stereocenters. The number of likely N-dealkylation sites (N-methyl/N-ethyl adjacent to an activating group) is 1. The first-order valence-electron chi connectivity index (χ1n) is 10.7. The molecule has 1 aliphatic rings. The van der Waals surface area contributed by atoms with E-state index in [1.165, 1.54) is 0 Å². The number of carbonyl (C=O) groups is 2. The largest absolute Gasteiger partial charge is 0.478 e. The lowest BCUT2D eigenvalue weighted by atomic mass is 10.1. The zero-order valence-electron chi connectivity index (χ0n) is 18.2. The Morgan fingerprint density at radius 2 is 1.64 bits per heavy atom. The molecular weight excluding hydrogens is 418 g/mol. The van der Waals surface area contributed by atoms with Gasteiger partial charge in [-0.25, -0.2) is 9.78 Å². The van der Waals surface area contributed by atoms with Gasteiger partial charge in [0.1, 0.15) is 0 Å². The second-order valence-corrected chi connectivity index (χ2v) is 8.20. The summed E-state index contributed by atoms with van der Waals surface area (Å²) in [6.07, 6.45) is 5.27. The first-order valence-corrected chi connectivity index (χ1v) is 10.7. The molecule has 0 bridgehead atoms. The molecule has 2 aromatic carbocycles. The van der Waals surface area contributed by atoms with Gasteiger partial charge in [-0.1, -0.05) is 24.3 Å². The molecule has 8 heteroatoms. The number of carbonyl (C=O) groups excluding carboxylic acids is 1. The Morgan fingerprint density at radius 3 is 2.36 bits per heavy atom. The molecule has 2 aromatic heterocycles. The Balaban J connectivity index is 1.43. The highest BCUT2D eigenvalue weighted by molar-refractivity contribution is 5.94. The number of hydrogen-bond acceptors (Lipinski definition) is 5. The maximum atomic E-state index is 12.8. The molecule has 0 radical (unpaired) electrons. The van der Waals surface area contributed by atoms with Crippen LogP contribution in [0.4, 0.5) is 0 Å². The van der Waals surface area contributed by atoms with Crippen LogP contribution < -0.4 is 0 Å². The van der Waals surface area contributed by atoms with E-state index in [0.717, 1.165) is 48.7 Å². The summed E-state index contributed by atoms with van der Waals surface area (Å²) in [7, 11) is 2.06. The molecule has 1 aliphatic heterocycles. The summed E-state index contributed by atoms with van der Waals surface area (Å²) in [4.78, 5) is 37.2. The average Bonchev–Trinajstić information content (AvgIpc) is 3.27. The van der Waals surface area contributed by atoms with Gasteiger partial charge in [-0.2, -0.15) is 0 Å². The van der Waals surface area contributed by atoms with Crippen LogP contribution in [0.15, 0.2) is 67.1 Å². The van der Waals surface area contributed by atoms with Gasteiger partial charge in [0, 0.05) is 49.1 Å². The molecule has 5 rings (SSSR count). The fourth-order valence-corrected chi connectivity index (χ4v) is 4.04. The number of hydrogen-bond donors (Lipinski definition) is 1. The van der Waals surface area contributed by atoms with E-state index in [1.807, 2.05) is 45.8 Å². The van der Waals surface area contributed by atoms with Crippen molar-refractivity contribution in [3.63, 3.8) is 0 Å². The molecular formula is C25H23N5O3. The van der Waals surface area contributed by atoms with Crippen LogP contribution in [-0.2, 0) is 0 Å². The Labute approximate surface area is 190 Å². The van der Waals surface area contributed by atoms with E-state index < -0.39 is 5.97 Å². The van der Waals surface area contributed by atoms with E-state index in [4.69, 9.17) is 0 Å². The third-order valence-electron chi connectivity index (χ3n) is 6.02. The molecule has 1 N–H and O–H groups in total. The first-order chi connectivity index (χ1) is 16.0. The van der Waals surface area contributed by atoms with Crippen LogP contribution in [0.2, 0.25) is 0 Å². The molecule has 0 aliphatic carbocycles. The molecule has 8 nitrogen and oxygen atoms in total. The average molecular weight is 441 g/mol. The van der Waals surface area contributed by atoms with Gasteiger partial charge in [0.05, 0.1) is 29.3 Å². The smallest absolute Gasteiger partial charge is 0.335 e. The number of carboxylic acid groups (broad SMARTS) is 1. The summed E-state index contributed by atoms with van der Waals surface area (Å²) in [5.41, 5.74) is 4.69. The van der Waals surface area contributed by atoms with Crippen LogP contribution in [0, 0.1) is 0 Å². The molecule has 33 heavy (non-hydrogen) atoms. The number of fused-ring (bicyclic) bond motifs is 1. The number of piperazine rings is 1. The number of amides is 1. The van der Waals surface area contributed by atoms with E-state index in [9.17, 15) is 14.7 Å². The second-order valence-electron chi connectivity index (χ2n) is 8.20. The summed E-state index contributed by atoms with van der Waals surface area (Å²) >= 11 is 0. The Bertz CT molecular complexity index is 1340. The van der Waals surface area contributed by atoms with Crippen molar-refractivity contribution in [2.75, 3.05) is 33.2 Å². The maximum Gasteiger partial charge on any atom is 0.335 e. The van der Waals surface area contributed by atoms with Crippen molar-refractivity contribution in [1.82, 2.24) is 24.2 Å². The molecule has 166 valence electrons. The lowest BCUT2D eigenvalue weighted by Gasteiger charge is -2.32. The fourth-order valence-electron chi connectivity index (χ4n) is 4.04. The number of benzene rings is 2. The Kier molecular flexibility index (Phi) is 5.35. The van der Waals surface area contributed by atoms with E-state index >= 15 is 0 Å². The van der Waals surface area contributed by atoms with Crippen LogP contribution in [0.5, 0.6) is 0 Å². The van der Waals surface area contributed by atoms with Crippen LogP contribution in [0.3, 0.4) is 0 Å². The highest BCUT2D eigenvalue weighted by Crippen LogP contribution is 2.25.